The van der Waals surface area contributed by atoms with Gasteiger partial charge in [0.1, 0.15) is 0 Å². The molecule has 0 fully saturated rings. The summed E-state index contributed by atoms with van der Waals surface area (Å²) >= 11 is 0.984. The van der Waals surface area contributed by atoms with Crippen LogP contribution in [0.4, 0.5) is 0 Å². The van der Waals surface area contributed by atoms with Crippen LogP contribution in [0, 0.1) is 0 Å². The first-order chi connectivity index (χ1) is 15.4. The molecule has 0 bridgehead atoms. The third kappa shape index (κ3) is 8.71. The van der Waals surface area contributed by atoms with Gasteiger partial charge in [0.15, 0.2) is 18.0 Å². The van der Waals surface area contributed by atoms with Gasteiger partial charge in [-0.3, -0.25) is 0 Å². The van der Waals surface area contributed by atoms with Crippen LogP contribution in [0.15, 0.2) is 91.1 Å². The van der Waals surface area contributed by atoms with Gasteiger partial charge in [-0.05, 0) is 38.1 Å². The van der Waals surface area contributed by atoms with E-state index in [1.807, 2.05) is 24.3 Å². The molecule has 0 unspecified atom stereocenters. The van der Waals surface area contributed by atoms with Gasteiger partial charge in [-0.1, -0.05) is 46.8 Å². The number of para-hydroxylation sites is 1. The first kappa shape index (κ1) is 26.6. The summed E-state index contributed by atoms with van der Waals surface area (Å²) in [4.78, 5) is 9.68. The van der Waals surface area contributed by atoms with Crippen molar-refractivity contribution in [2.24, 2.45) is 13.8 Å². The second-order valence-corrected chi connectivity index (χ2v) is 9.98. The van der Waals surface area contributed by atoms with Gasteiger partial charge in [0.2, 0.25) is 0 Å². The predicted octanol–water partition coefficient (Wildman–Crippen LogP) is 5.98. The fraction of sp³-hybridized carbons (Fsp3) is 0.150. The van der Waals surface area contributed by atoms with Crippen molar-refractivity contribution in [1.29, 1.82) is 0 Å². The molecule has 0 saturated carbocycles. The zero-order chi connectivity index (χ0) is 23.4. The summed E-state index contributed by atoms with van der Waals surface area (Å²) in [5, 5.41) is 0. The molecule has 12 heteroatoms. The summed E-state index contributed by atoms with van der Waals surface area (Å²) < 4.78 is 37.9. The Balaban J connectivity index is 0.00000114. The van der Waals surface area contributed by atoms with Crippen molar-refractivity contribution >= 4 is 59.6 Å². The monoisotopic (exact) mass is 555 g/mol. The van der Waals surface area contributed by atoms with Gasteiger partial charge in [-0.15, -0.1) is 0 Å². The molecule has 1 aliphatic rings. The number of aliphatic imine (C=N–C) groups is 1. The fourth-order valence-corrected chi connectivity index (χ4v) is 3.83. The molecule has 32 heavy (non-hydrogen) atoms. The summed E-state index contributed by atoms with van der Waals surface area (Å²) in [5.74, 6) is 0.569. The Morgan fingerprint density at radius 3 is 2.25 bits per heavy atom. The molecule has 0 saturated heterocycles. The number of hydrogen-bond acceptors (Lipinski definition) is 7. The summed E-state index contributed by atoms with van der Waals surface area (Å²) in [5.41, 5.74) is 2.20. The summed E-state index contributed by atoms with van der Waals surface area (Å²) in [6.07, 6.45) is 2.34. The predicted molar refractivity (Wildman–Crippen MR) is 127 cm³/mol. The quantitative estimate of drug-likeness (QED) is 0.0760. The molecule has 0 aliphatic carbocycles. The first-order valence-electron chi connectivity index (χ1n) is 8.97. The van der Waals surface area contributed by atoms with Crippen LogP contribution in [0.3, 0.4) is 0 Å². The van der Waals surface area contributed by atoms with Crippen LogP contribution >= 0.6 is 32.4 Å². The summed E-state index contributed by atoms with van der Waals surface area (Å²) in [6, 6.07) is 17.2. The Morgan fingerprint density at radius 2 is 1.62 bits per heavy atom. The van der Waals surface area contributed by atoms with Crippen molar-refractivity contribution in [3.63, 3.8) is 0 Å². The van der Waals surface area contributed by atoms with E-state index in [4.69, 9.17) is 29.4 Å². The normalized spacial score (nSPS) is 14.4. The van der Waals surface area contributed by atoms with E-state index in [9.17, 15) is 8.42 Å². The van der Waals surface area contributed by atoms with E-state index in [0.29, 0.717) is 35.0 Å². The van der Waals surface area contributed by atoms with E-state index in [1.165, 1.54) is 12.1 Å². The number of rotatable bonds is 8. The maximum atomic E-state index is 12.4. The zero-order valence-electron chi connectivity index (χ0n) is 17.0. The minimum atomic E-state index is -3.77. The maximum absolute atomic E-state index is 12.4. The SMILES string of the molecule is C/C(=N\SOOc1ccccc1)C1=CCC(/C(C)=N/S(=O)(=O)c2ccccc2)=N1.[Cl][Fe][Cl]. The Hall–Kier alpha value is -1.65. The number of benzene rings is 2. The molecule has 1 heterocycles. The van der Waals surface area contributed by atoms with E-state index in [2.05, 4.69) is 13.8 Å². The number of sulfonamides is 1. The Bertz CT molecular complexity index is 1110. The van der Waals surface area contributed by atoms with Crippen LogP contribution in [0.25, 0.3) is 0 Å². The van der Waals surface area contributed by atoms with Crippen LogP contribution in [-0.2, 0) is 27.5 Å². The summed E-state index contributed by atoms with van der Waals surface area (Å²) in [7, 11) is 5.76. The number of allylic oxidation sites excluding steroid dienone is 2. The number of halogens is 2. The standard InChI is InChI=1S/C20H19N3O4S2.2ClH.Fe/c1-15(22-28-27-26-17-9-5-3-6-10-17)19-13-14-20(21-19)16(2)23-29(24,25)18-11-7-4-8-12-18;;;/h3-13H,14H2,1-2H3;2*1H;/q;;;+2/p-2/b22-15+,23-16+;;;. The first-order valence-corrected chi connectivity index (χ1v) is 14.2. The van der Waals surface area contributed by atoms with Gasteiger partial charge in [0.05, 0.1) is 27.7 Å². The Kier molecular flexibility index (Phi) is 11.5. The molecule has 3 rings (SSSR count). The molecule has 172 valence electrons. The number of hydrogen-bond donors (Lipinski definition) is 0. The van der Waals surface area contributed by atoms with E-state index < -0.39 is 10.0 Å². The third-order valence-corrected chi connectivity index (χ3v) is 5.77. The van der Waals surface area contributed by atoms with Gasteiger partial charge in [-0.25, -0.2) is 4.99 Å². The van der Waals surface area contributed by atoms with Crippen molar-refractivity contribution < 1.29 is 30.8 Å². The average Bonchev–Trinajstić information content (AvgIpc) is 3.29. The molecule has 1 aliphatic heterocycles. The molecule has 0 atom stereocenters. The fourth-order valence-electron chi connectivity index (χ4n) is 2.41. The second kappa shape index (κ2) is 13.8. The van der Waals surface area contributed by atoms with Crippen molar-refractivity contribution in [2.75, 3.05) is 0 Å². The van der Waals surface area contributed by atoms with Gasteiger partial charge in [-0.2, -0.15) is 17.2 Å². The Labute approximate surface area is 206 Å². The van der Waals surface area contributed by atoms with Crippen LogP contribution in [0.1, 0.15) is 20.3 Å². The van der Waals surface area contributed by atoms with E-state index in [0.717, 1.165) is 12.2 Å². The Morgan fingerprint density at radius 1 is 1.03 bits per heavy atom. The van der Waals surface area contributed by atoms with Gasteiger partial charge >= 0.3 is 33.3 Å². The zero-order valence-corrected chi connectivity index (χ0v) is 21.2. The van der Waals surface area contributed by atoms with Gasteiger partial charge in [0, 0.05) is 6.42 Å². The van der Waals surface area contributed by atoms with Crippen molar-refractivity contribution in [3.8, 4) is 5.75 Å². The minimum absolute atomic E-state index is 0.149. The third-order valence-electron chi connectivity index (χ3n) is 3.91. The molecule has 7 nitrogen and oxygen atoms in total. The van der Waals surface area contributed by atoms with Crippen LogP contribution in [0.2, 0.25) is 0 Å². The van der Waals surface area contributed by atoms with Crippen LogP contribution in [-0.4, -0.2) is 25.6 Å². The van der Waals surface area contributed by atoms with Crippen molar-refractivity contribution in [1.82, 2.24) is 0 Å². The summed E-state index contributed by atoms with van der Waals surface area (Å²) in [6.45, 7) is 3.42. The van der Waals surface area contributed by atoms with Crippen LogP contribution in [0.5, 0.6) is 5.75 Å². The van der Waals surface area contributed by atoms with E-state index in [-0.39, 0.29) is 18.0 Å². The molecule has 0 aromatic heterocycles. The van der Waals surface area contributed by atoms with Gasteiger partial charge in [0.25, 0.3) is 10.0 Å². The van der Waals surface area contributed by atoms with Crippen molar-refractivity contribution in [2.45, 2.75) is 25.2 Å². The van der Waals surface area contributed by atoms with Crippen LogP contribution < -0.4 is 4.89 Å². The topological polar surface area (TPSA) is 89.7 Å². The molecular weight excluding hydrogens is 537 g/mol. The second-order valence-electron chi connectivity index (χ2n) is 6.08. The van der Waals surface area contributed by atoms with Crippen molar-refractivity contribution in [3.05, 3.63) is 72.4 Å². The van der Waals surface area contributed by atoms with E-state index in [1.54, 1.807) is 44.2 Å². The number of nitrogens with zero attached hydrogens (tertiary/aromatic N) is 3. The molecule has 0 spiro atoms. The molecule has 0 N–H and O–H groups in total. The average molecular weight is 556 g/mol. The molecule has 2 aromatic carbocycles. The molecule has 0 radical (unpaired) electrons. The molecular formula is C20H19Cl2FeN3O4S2. The molecule has 0 amide bonds. The van der Waals surface area contributed by atoms with E-state index >= 15 is 0 Å². The van der Waals surface area contributed by atoms with Gasteiger partial charge < -0.3 is 4.89 Å². The molecule has 2 aromatic rings.